The van der Waals surface area contributed by atoms with Crippen molar-refractivity contribution in [3.8, 4) is 0 Å². The molecule has 11 heteroatoms. The highest BCUT2D eigenvalue weighted by Crippen LogP contribution is 2.25. The Morgan fingerprint density at radius 3 is 2.58 bits per heavy atom. The van der Waals surface area contributed by atoms with Gasteiger partial charge in [-0.15, -0.1) is 0 Å². The molecular weight excluding hydrogens is 463 g/mol. The second kappa shape index (κ2) is 13.1. The number of methoxy groups -OCH3 is 1. The minimum Gasteiger partial charge on any atom is -0.469 e. The Morgan fingerprint density at radius 1 is 1.06 bits per heavy atom. The first kappa shape index (κ1) is 24.9. The van der Waals surface area contributed by atoms with E-state index in [-0.39, 0.29) is 42.0 Å². The first-order valence-corrected chi connectivity index (χ1v) is 11.1. The molecule has 0 saturated heterocycles. The molecule has 8 nitrogen and oxygen atoms in total. The summed E-state index contributed by atoms with van der Waals surface area (Å²) in [6.45, 7) is 0.468. The lowest BCUT2D eigenvalue weighted by Gasteiger charge is -2.08. The molecule has 1 aromatic carbocycles. The van der Waals surface area contributed by atoms with Gasteiger partial charge in [-0.25, -0.2) is 9.97 Å². The van der Waals surface area contributed by atoms with Crippen LogP contribution in [0.2, 0.25) is 10.0 Å². The fourth-order valence-electron chi connectivity index (χ4n) is 2.36. The summed E-state index contributed by atoms with van der Waals surface area (Å²) < 4.78 is 4.52. The molecule has 0 aliphatic carbocycles. The Kier molecular flexibility index (Phi) is 10.6. The smallest absolute Gasteiger partial charge is 0.305 e. The van der Waals surface area contributed by atoms with E-state index in [9.17, 15) is 14.4 Å². The molecule has 0 radical (unpaired) electrons. The molecule has 0 atom stereocenters. The first-order chi connectivity index (χ1) is 14.9. The van der Waals surface area contributed by atoms with Gasteiger partial charge in [-0.1, -0.05) is 53.2 Å². The van der Waals surface area contributed by atoms with Crippen LogP contribution in [0.5, 0.6) is 0 Å². The second-order valence-corrected chi connectivity index (χ2v) is 8.02. The zero-order valence-electron chi connectivity index (χ0n) is 16.8. The van der Waals surface area contributed by atoms with E-state index >= 15 is 0 Å². The van der Waals surface area contributed by atoms with Crippen LogP contribution in [-0.4, -0.2) is 48.0 Å². The van der Waals surface area contributed by atoms with Crippen LogP contribution in [0, 0.1) is 0 Å². The fourth-order valence-corrected chi connectivity index (χ4v) is 3.64. The van der Waals surface area contributed by atoms with Crippen molar-refractivity contribution >= 4 is 52.7 Å². The highest BCUT2D eigenvalue weighted by atomic mass is 35.5. The summed E-state index contributed by atoms with van der Waals surface area (Å²) in [6.07, 6.45) is 2.17. The van der Waals surface area contributed by atoms with Crippen molar-refractivity contribution in [2.45, 2.75) is 30.2 Å². The maximum atomic E-state index is 12.4. The van der Waals surface area contributed by atoms with Crippen LogP contribution in [0.4, 0.5) is 0 Å². The Hall–Kier alpha value is -2.36. The van der Waals surface area contributed by atoms with E-state index in [1.165, 1.54) is 25.1 Å². The van der Waals surface area contributed by atoms with Gasteiger partial charge < -0.3 is 15.4 Å². The Labute approximate surface area is 194 Å². The zero-order valence-corrected chi connectivity index (χ0v) is 19.1. The molecule has 0 saturated carbocycles. The molecule has 2 aromatic rings. The molecule has 1 heterocycles. The number of halogens is 2. The van der Waals surface area contributed by atoms with Gasteiger partial charge in [0.25, 0.3) is 5.91 Å². The van der Waals surface area contributed by atoms with Crippen molar-refractivity contribution in [2.24, 2.45) is 0 Å². The van der Waals surface area contributed by atoms with Gasteiger partial charge in [0.1, 0.15) is 0 Å². The fraction of sp³-hybridized carbons (Fsp3) is 0.350. The number of hydrogen-bond donors (Lipinski definition) is 2. The number of rotatable bonds is 11. The number of carbonyl (C=O) groups excluding carboxylic acids is 3. The second-order valence-electron chi connectivity index (χ2n) is 6.26. The summed E-state index contributed by atoms with van der Waals surface area (Å²) >= 11 is 13.5. The van der Waals surface area contributed by atoms with Gasteiger partial charge in [0.2, 0.25) is 5.91 Å². The number of ether oxygens (including phenoxy) is 1. The Bertz CT molecular complexity index is 930. The van der Waals surface area contributed by atoms with Crippen LogP contribution in [0.25, 0.3) is 0 Å². The Morgan fingerprint density at radius 2 is 1.84 bits per heavy atom. The van der Waals surface area contributed by atoms with Crippen LogP contribution in [0.1, 0.15) is 35.3 Å². The van der Waals surface area contributed by atoms with Gasteiger partial charge in [0, 0.05) is 36.7 Å². The first-order valence-electron chi connectivity index (χ1n) is 9.41. The predicted molar refractivity (Wildman–Crippen MR) is 119 cm³/mol. The minimum atomic E-state index is -0.495. The molecule has 0 aliphatic rings. The monoisotopic (exact) mass is 484 g/mol. The normalized spacial score (nSPS) is 10.4. The SMILES string of the molecule is COC(=O)CCCNC(=O)CCNC(=O)c1nc(SCc2ccccc2Cl)ncc1Cl. The van der Waals surface area contributed by atoms with Crippen LogP contribution in [-0.2, 0) is 20.1 Å². The third kappa shape index (κ3) is 8.72. The highest BCUT2D eigenvalue weighted by Gasteiger charge is 2.15. The number of esters is 1. The van der Waals surface area contributed by atoms with Crippen molar-refractivity contribution in [1.29, 1.82) is 0 Å². The summed E-state index contributed by atoms with van der Waals surface area (Å²) in [4.78, 5) is 43.6. The molecule has 2 N–H and O–H groups in total. The number of amides is 2. The molecule has 0 fully saturated rings. The van der Waals surface area contributed by atoms with Crippen molar-refractivity contribution in [2.75, 3.05) is 20.2 Å². The molecule has 0 aliphatic heterocycles. The third-order valence-corrected chi connectivity index (χ3v) is 5.55. The molecule has 0 spiro atoms. The van der Waals surface area contributed by atoms with E-state index < -0.39 is 5.91 Å². The summed E-state index contributed by atoms with van der Waals surface area (Å²) in [5.74, 6) is -0.522. The summed E-state index contributed by atoms with van der Waals surface area (Å²) in [7, 11) is 1.31. The lowest BCUT2D eigenvalue weighted by molar-refractivity contribution is -0.140. The molecule has 0 bridgehead atoms. The minimum absolute atomic E-state index is 0.0387. The van der Waals surface area contributed by atoms with Gasteiger partial charge in [0.15, 0.2) is 10.9 Å². The quantitative estimate of drug-likeness (QED) is 0.218. The van der Waals surface area contributed by atoms with Crippen LogP contribution in [0.3, 0.4) is 0 Å². The van der Waals surface area contributed by atoms with Gasteiger partial charge in [-0.3, -0.25) is 14.4 Å². The van der Waals surface area contributed by atoms with Crippen molar-refractivity contribution in [1.82, 2.24) is 20.6 Å². The Balaban J connectivity index is 1.79. The number of hydrogen-bond acceptors (Lipinski definition) is 7. The van der Waals surface area contributed by atoms with Crippen LogP contribution < -0.4 is 10.6 Å². The van der Waals surface area contributed by atoms with Gasteiger partial charge in [0.05, 0.1) is 18.3 Å². The van der Waals surface area contributed by atoms with E-state index in [1.807, 2.05) is 18.2 Å². The predicted octanol–water partition coefficient (Wildman–Crippen LogP) is 3.27. The number of aromatic nitrogens is 2. The molecule has 2 rings (SSSR count). The zero-order chi connectivity index (χ0) is 22.6. The van der Waals surface area contributed by atoms with E-state index in [2.05, 4.69) is 25.3 Å². The maximum absolute atomic E-state index is 12.4. The average molecular weight is 485 g/mol. The molecule has 0 unspecified atom stereocenters. The lowest BCUT2D eigenvalue weighted by Crippen LogP contribution is -2.32. The van der Waals surface area contributed by atoms with Crippen molar-refractivity contribution < 1.29 is 19.1 Å². The van der Waals surface area contributed by atoms with E-state index in [1.54, 1.807) is 6.07 Å². The number of thioether (sulfide) groups is 1. The maximum Gasteiger partial charge on any atom is 0.305 e. The van der Waals surface area contributed by atoms with Crippen molar-refractivity contribution in [3.63, 3.8) is 0 Å². The van der Waals surface area contributed by atoms with Crippen molar-refractivity contribution in [3.05, 3.63) is 51.8 Å². The average Bonchev–Trinajstić information content (AvgIpc) is 2.76. The highest BCUT2D eigenvalue weighted by molar-refractivity contribution is 7.98. The van der Waals surface area contributed by atoms with E-state index in [0.717, 1.165) is 5.56 Å². The molecule has 1 aromatic heterocycles. The van der Waals surface area contributed by atoms with Gasteiger partial charge in [-0.05, 0) is 18.1 Å². The summed E-state index contributed by atoms with van der Waals surface area (Å²) in [5, 5.41) is 6.44. The van der Waals surface area contributed by atoms with E-state index in [0.29, 0.717) is 28.9 Å². The number of carbonyl (C=O) groups is 3. The third-order valence-electron chi connectivity index (χ3n) is 4.00. The van der Waals surface area contributed by atoms with Crippen LogP contribution in [0.15, 0.2) is 35.6 Å². The van der Waals surface area contributed by atoms with E-state index in [4.69, 9.17) is 23.2 Å². The molecule has 31 heavy (non-hydrogen) atoms. The van der Waals surface area contributed by atoms with Gasteiger partial charge in [-0.2, -0.15) is 0 Å². The summed E-state index contributed by atoms with van der Waals surface area (Å²) in [6, 6.07) is 7.44. The van der Waals surface area contributed by atoms with Gasteiger partial charge >= 0.3 is 5.97 Å². The standard InChI is InChI=1S/C20H22Cl2N4O4S/c1-30-17(28)7-4-9-23-16(27)8-10-24-19(29)18-15(22)11-25-20(26-18)31-12-13-5-2-3-6-14(13)21/h2-3,5-6,11H,4,7-10,12H2,1H3,(H,23,27)(H,24,29). The largest absolute Gasteiger partial charge is 0.469 e. The summed E-state index contributed by atoms with van der Waals surface area (Å²) in [5.41, 5.74) is 0.966. The molecule has 166 valence electrons. The number of nitrogens with one attached hydrogen (secondary N) is 2. The number of benzene rings is 1. The lowest BCUT2D eigenvalue weighted by atomic mass is 10.2. The molecule has 2 amide bonds. The topological polar surface area (TPSA) is 110 Å². The van der Waals surface area contributed by atoms with Crippen LogP contribution >= 0.6 is 35.0 Å². The molecular formula is C20H22Cl2N4O4S. The number of nitrogens with zero attached hydrogens (tertiary/aromatic N) is 2.